The Kier molecular flexibility index (Phi) is 6.33. The molecule has 1 N–H and O–H groups in total. The number of ether oxygens (including phenoxy) is 1. The van der Waals surface area contributed by atoms with Crippen molar-refractivity contribution in [3.05, 3.63) is 29.6 Å². The number of nitrogens with one attached hydrogen (secondary N) is 1. The fraction of sp³-hybridized carbons (Fsp3) is 0.591. The number of hydrogen-bond acceptors (Lipinski definition) is 5. The number of piperidine rings is 2. The standard InChI is InChI=1S/C22H30FN3O4/c1-22(2,3)30-21(29)25(4)15-9-11-26(12-10-15)18-7-5-14(13-17(18)23)16-6-8-19(27)24-20(16)28/h5,7,13,15-16H,6,8-12H2,1-4H3,(H,24,27,28). The number of amides is 3. The van der Waals surface area contributed by atoms with Crippen molar-refractivity contribution in [1.29, 1.82) is 0 Å². The molecule has 1 atom stereocenters. The molecular weight excluding hydrogens is 389 g/mol. The molecule has 0 radical (unpaired) electrons. The molecule has 3 amide bonds. The molecule has 0 bridgehead atoms. The van der Waals surface area contributed by atoms with Crippen LogP contribution in [0.3, 0.4) is 0 Å². The molecule has 1 aromatic carbocycles. The summed E-state index contributed by atoms with van der Waals surface area (Å²) in [5.41, 5.74) is 0.532. The van der Waals surface area contributed by atoms with Gasteiger partial charge in [0, 0.05) is 32.6 Å². The van der Waals surface area contributed by atoms with E-state index in [0.717, 1.165) is 0 Å². The third-order valence-corrected chi connectivity index (χ3v) is 5.65. The average molecular weight is 419 g/mol. The van der Waals surface area contributed by atoms with E-state index in [-0.39, 0.29) is 36.2 Å². The van der Waals surface area contributed by atoms with Crippen molar-refractivity contribution in [1.82, 2.24) is 10.2 Å². The summed E-state index contributed by atoms with van der Waals surface area (Å²) >= 11 is 0. The van der Waals surface area contributed by atoms with Crippen LogP contribution in [0, 0.1) is 5.82 Å². The Balaban J connectivity index is 1.61. The fourth-order valence-electron chi connectivity index (χ4n) is 3.99. The molecule has 0 aliphatic carbocycles. The second kappa shape index (κ2) is 8.62. The highest BCUT2D eigenvalue weighted by molar-refractivity contribution is 6.00. The van der Waals surface area contributed by atoms with Gasteiger partial charge in [-0.1, -0.05) is 6.07 Å². The summed E-state index contributed by atoms with van der Waals surface area (Å²) in [5, 5.41) is 2.31. The maximum Gasteiger partial charge on any atom is 0.410 e. The van der Waals surface area contributed by atoms with Crippen LogP contribution in [0.5, 0.6) is 0 Å². The molecule has 1 unspecified atom stereocenters. The quantitative estimate of drug-likeness (QED) is 0.762. The maximum absolute atomic E-state index is 14.8. The first-order valence-electron chi connectivity index (χ1n) is 10.4. The molecular formula is C22H30FN3O4. The van der Waals surface area contributed by atoms with Crippen LogP contribution >= 0.6 is 0 Å². The normalized spacial score (nSPS) is 20.7. The summed E-state index contributed by atoms with van der Waals surface area (Å²) in [4.78, 5) is 39.2. The van der Waals surface area contributed by atoms with E-state index in [1.54, 1.807) is 24.1 Å². The summed E-state index contributed by atoms with van der Waals surface area (Å²) in [6.45, 7) is 6.74. The van der Waals surface area contributed by atoms with Crippen LogP contribution in [-0.4, -0.2) is 54.6 Å². The zero-order chi connectivity index (χ0) is 22.1. The molecule has 0 spiro atoms. The summed E-state index contributed by atoms with van der Waals surface area (Å²) in [5.74, 6) is -1.53. The van der Waals surface area contributed by atoms with E-state index in [0.29, 0.717) is 43.6 Å². The third-order valence-electron chi connectivity index (χ3n) is 5.65. The van der Waals surface area contributed by atoms with Gasteiger partial charge in [0.25, 0.3) is 0 Å². The number of carbonyl (C=O) groups is 3. The molecule has 0 saturated carbocycles. The van der Waals surface area contributed by atoms with Crippen molar-refractivity contribution in [2.75, 3.05) is 25.0 Å². The van der Waals surface area contributed by atoms with Gasteiger partial charge >= 0.3 is 6.09 Å². The van der Waals surface area contributed by atoms with Crippen LogP contribution in [-0.2, 0) is 14.3 Å². The number of imide groups is 1. The van der Waals surface area contributed by atoms with Crippen LogP contribution in [0.2, 0.25) is 0 Å². The molecule has 0 aromatic heterocycles. The van der Waals surface area contributed by atoms with Gasteiger partial charge in [0.15, 0.2) is 0 Å². The molecule has 2 fully saturated rings. The smallest absolute Gasteiger partial charge is 0.410 e. The number of rotatable bonds is 3. The van der Waals surface area contributed by atoms with Crippen molar-refractivity contribution in [3.8, 4) is 0 Å². The Hall–Kier alpha value is -2.64. The van der Waals surface area contributed by atoms with Gasteiger partial charge < -0.3 is 14.5 Å². The lowest BCUT2D eigenvalue weighted by atomic mass is 9.90. The van der Waals surface area contributed by atoms with Crippen LogP contribution in [0.25, 0.3) is 0 Å². The molecule has 30 heavy (non-hydrogen) atoms. The Morgan fingerprint density at radius 3 is 2.43 bits per heavy atom. The van der Waals surface area contributed by atoms with E-state index in [4.69, 9.17) is 4.74 Å². The molecule has 2 aliphatic rings. The second-order valence-corrected chi connectivity index (χ2v) is 9.02. The van der Waals surface area contributed by atoms with Crippen LogP contribution in [0.15, 0.2) is 18.2 Å². The zero-order valence-electron chi connectivity index (χ0n) is 18.0. The minimum atomic E-state index is -0.542. The first kappa shape index (κ1) is 22.1. The summed E-state index contributed by atoms with van der Waals surface area (Å²) in [7, 11) is 1.74. The Bertz CT molecular complexity index is 828. The van der Waals surface area contributed by atoms with Crippen molar-refractivity contribution >= 4 is 23.6 Å². The summed E-state index contributed by atoms with van der Waals surface area (Å²) < 4.78 is 20.3. The predicted molar refractivity (Wildman–Crippen MR) is 111 cm³/mol. The molecule has 1 aromatic rings. The minimum Gasteiger partial charge on any atom is -0.444 e. The Morgan fingerprint density at radius 1 is 1.20 bits per heavy atom. The largest absolute Gasteiger partial charge is 0.444 e. The Morgan fingerprint density at radius 2 is 1.87 bits per heavy atom. The van der Waals surface area contributed by atoms with E-state index in [2.05, 4.69) is 5.32 Å². The summed E-state index contributed by atoms with van der Waals surface area (Å²) in [6, 6.07) is 4.90. The highest BCUT2D eigenvalue weighted by Crippen LogP contribution is 2.30. The molecule has 2 saturated heterocycles. The fourth-order valence-corrected chi connectivity index (χ4v) is 3.99. The monoisotopic (exact) mass is 419 g/mol. The topological polar surface area (TPSA) is 79.0 Å². The van der Waals surface area contributed by atoms with Gasteiger partial charge in [-0.2, -0.15) is 0 Å². The SMILES string of the molecule is CN(C(=O)OC(C)(C)C)C1CCN(c2ccc(C3CCC(=O)NC3=O)cc2F)CC1. The number of hydrogen-bond donors (Lipinski definition) is 1. The molecule has 2 aliphatic heterocycles. The molecule has 7 nitrogen and oxygen atoms in total. The number of carbonyl (C=O) groups excluding carboxylic acids is 3. The lowest BCUT2D eigenvalue weighted by molar-refractivity contribution is -0.134. The highest BCUT2D eigenvalue weighted by atomic mass is 19.1. The summed E-state index contributed by atoms with van der Waals surface area (Å²) in [6.07, 6.45) is 1.74. The van der Waals surface area contributed by atoms with Crippen molar-refractivity contribution in [3.63, 3.8) is 0 Å². The van der Waals surface area contributed by atoms with E-state index < -0.39 is 11.5 Å². The first-order chi connectivity index (χ1) is 14.0. The van der Waals surface area contributed by atoms with Gasteiger partial charge in [-0.05, 0) is 57.7 Å². The minimum absolute atomic E-state index is 0.0434. The van der Waals surface area contributed by atoms with Gasteiger partial charge in [-0.3, -0.25) is 14.9 Å². The predicted octanol–water partition coefficient (Wildman–Crippen LogP) is 3.18. The van der Waals surface area contributed by atoms with Gasteiger partial charge in [0.05, 0.1) is 11.6 Å². The number of nitrogens with zero attached hydrogens (tertiary/aromatic N) is 2. The first-order valence-corrected chi connectivity index (χ1v) is 10.4. The van der Waals surface area contributed by atoms with Gasteiger partial charge in [-0.15, -0.1) is 0 Å². The second-order valence-electron chi connectivity index (χ2n) is 9.02. The lowest BCUT2D eigenvalue weighted by Gasteiger charge is -2.38. The maximum atomic E-state index is 14.8. The van der Waals surface area contributed by atoms with Crippen molar-refractivity contribution in [2.45, 2.75) is 64.0 Å². The van der Waals surface area contributed by atoms with Crippen molar-refractivity contribution < 1.29 is 23.5 Å². The van der Waals surface area contributed by atoms with E-state index in [1.807, 2.05) is 25.7 Å². The zero-order valence-corrected chi connectivity index (χ0v) is 18.0. The van der Waals surface area contributed by atoms with Crippen LogP contribution < -0.4 is 10.2 Å². The number of halogens is 1. The number of benzene rings is 1. The number of anilines is 1. The van der Waals surface area contributed by atoms with E-state index >= 15 is 0 Å². The van der Waals surface area contributed by atoms with Gasteiger partial charge in [0.1, 0.15) is 11.4 Å². The van der Waals surface area contributed by atoms with Crippen LogP contribution in [0.1, 0.15) is 57.9 Å². The molecule has 2 heterocycles. The van der Waals surface area contributed by atoms with Crippen LogP contribution in [0.4, 0.5) is 14.9 Å². The lowest BCUT2D eigenvalue weighted by Crippen LogP contribution is -2.47. The van der Waals surface area contributed by atoms with E-state index in [9.17, 15) is 18.8 Å². The average Bonchev–Trinajstić information content (AvgIpc) is 2.66. The van der Waals surface area contributed by atoms with Gasteiger partial charge in [-0.25, -0.2) is 9.18 Å². The van der Waals surface area contributed by atoms with Gasteiger partial charge in [0.2, 0.25) is 11.8 Å². The Labute approximate surface area is 176 Å². The van der Waals surface area contributed by atoms with Crippen molar-refractivity contribution in [2.24, 2.45) is 0 Å². The molecule has 3 rings (SSSR count). The highest BCUT2D eigenvalue weighted by Gasteiger charge is 2.31. The van der Waals surface area contributed by atoms with E-state index in [1.165, 1.54) is 6.07 Å². The molecule has 8 heteroatoms. The molecule has 164 valence electrons. The third kappa shape index (κ3) is 5.09.